The normalized spacial score (nSPS) is 10.3. The third-order valence-corrected chi connectivity index (χ3v) is 2.41. The fourth-order valence-electron chi connectivity index (χ4n) is 1.58. The average Bonchev–Trinajstić information content (AvgIpc) is 2.72. The van der Waals surface area contributed by atoms with Gasteiger partial charge >= 0.3 is 5.97 Å². The van der Waals surface area contributed by atoms with Crippen LogP contribution in [0, 0.1) is 13.8 Å². The number of anilines is 1. The number of hydrogen-bond donors (Lipinski definition) is 2. The fraction of sp³-hybridized carbons (Fsp3) is 0.250. The van der Waals surface area contributed by atoms with Gasteiger partial charge in [0.25, 0.3) is 0 Å². The van der Waals surface area contributed by atoms with Gasteiger partial charge in [-0.2, -0.15) is 4.98 Å². The summed E-state index contributed by atoms with van der Waals surface area (Å²) in [6.45, 7) is 3.92. The van der Waals surface area contributed by atoms with E-state index >= 15 is 0 Å². The second-order valence-electron chi connectivity index (χ2n) is 3.94. The SMILES string of the molecule is Cc1ccc(C(=O)O)c(NCc2noc(C)n2)c1. The molecule has 6 heteroatoms. The molecule has 0 aliphatic rings. The molecule has 2 N–H and O–H groups in total. The first-order valence-electron chi connectivity index (χ1n) is 5.43. The number of nitrogens with one attached hydrogen (secondary N) is 1. The van der Waals surface area contributed by atoms with Crippen molar-refractivity contribution in [3.63, 3.8) is 0 Å². The van der Waals surface area contributed by atoms with Gasteiger partial charge in [-0.25, -0.2) is 4.79 Å². The lowest BCUT2D eigenvalue weighted by Gasteiger charge is -2.08. The Hall–Kier alpha value is -2.37. The molecule has 94 valence electrons. The molecule has 2 aromatic rings. The van der Waals surface area contributed by atoms with Crippen LogP contribution in [0.25, 0.3) is 0 Å². The van der Waals surface area contributed by atoms with Crippen LogP contribution in [-0.2, 0) is 6.54 Å². The summed E-state index contributed by atoms with van der Waals surface area (Å²) in [5.41, 5.74) is 1.75. The molecule has 6 nitrogen and oxygen atoms in total. The summed E-state index contributed by atoms with van der Waals surface area (Å²) in [4.78, 5) is 15.1. The van der Waals surface area contributed by atoms with Crippen molar-refractivity contribution in [2.24, 2.45) is 0 Å². The maximum atomic E-state index is 11.1. The molecule has 1 aromatic carbocycles. The second kappa shape index (κ2) is 4.87. The largest absolute Gasteiger partial charge is 0.478 e. The summed E-state index contributed by atoms with van der Waals surface area (Å²) in [6, 6.07) is 5.10. The van der Waals surface area contributed by atoms with E-state index in [4.69, 9.17) is 9.63 Å². The number of hydrogen-bond acceptors (Lipinski definition) is 5. The van der Waals surface area contributed by atoms with Gasteiger partial charge in [0.15, 0.2) is 5.82 Å². The maximum Gasteiger partial charge on any atom is 0.337 e. The van der Waals surface area contributed by atoms with Gasteiger partial charge < -0.3 is 14.9 Å². The van der Waals surface area contributed by atoms with E-state index in [-0.39, 0.29) is 5.56 Å². The van der Waals surface area contributed by atoms with Crippen LogP contribution >= 0.6 is 0 Å². The molecule has 0 atom stereocenters. The van der Waals surface area contributed by atoms with Crippen LogP contribution in [0.1, 0.15) is 27.6 Å². The fourth-order valence-corrected chi connectivity index (χ4v) is 1.58. The minimum absolute atomic E-state index is 0.223. The van der Waals surface area contributed by atoms with Crippen molar-refractivity contribution in [2.75, 3.05) is 5.32 Å². The Morgan fingerprint density at radius 3 is 2.83 bits per heavy atom. The number of carbonyl (C=O) groups is 1. The molecule has 2 rings (SSSR count). The van der Waals surface area contributed by atoms with E-state index in [1.54, 1.807) is 25.1 Å². The maximum absolute atomic E-state index is 11.1. The van der Waals surface area contributed by atoms with E-state index in [9.17, 15) is 4.79 Å². The average molecular weight is 247 g/mol. The highest BCUT2D eigenvalue weighted by Crippen LogP contribution is 2.18. The first-order chi connectivity index (χ1) is 8.56. The predicted molar refractivity (Wildman–Crippen MR) is 64.5 cm³/mol. The van der Waals surface area contributed by atoms with Gasteiger partial charge in [-0.3, -0.25) is 0 Å². The molecule has 0 saturated carbocycles. The van der Waals surface area contributed by atoms with Crippen molar-refractivity contribution in [3.05, 3.63) is 41.0 Å². The Bertz CT molecular complexity index is 578. The Morgan fingerprint density at radius 1 is 1.44 bits per heavy atom. The van der Waals surface area contributed by atoms with Crippen molar-refractivity contribution in [1.29, 1.82) is 0 Å². The summed E-state index contributed by atoms with van der Waals surface area (Å²) in [5, 5.41) is 15.8. The zero-order valence-electron chi connectivity index (χ0n) is 10.1. The van der Waals surface area contributed by atoms with Crippen LogP contribution in [0.4, 0.5) is 5.69 Å². The van der Waals surface area contributed by atoms with Crippen molar-refractivity contribution in [1.82, 2.24) is 10.1 Å². The molecule has 0 spiro atoms. The Balaban J connectivity index is 2.17. The smallest absolute Gasteiger partial charge is 0.337 e. The quantitative estimate of drug-likeness (QED) is 0.859. The molecule has 1 aromatic heterocycles. The molecule has 0 aliphatic heterocycles. The third-order valence-electron chi connectivity index (χ3n) is 2.41. The molecule has 0 radical (unpaired) electrons. The number of benzene rings is 1. The summed E-state index contributed by atoms with van der Waals surface area (Å²) in [7, 11) is 0. The summed E-state index contributed by atoms with van der Waals surface area (Å²) < 4.78 is 4.84. The third kappa shape index (κ3) is 2.65. The summed E-state index contributed by atoms with van der Waals surface area (Å²) in [6.07, 6.45) is 0. The van der Waals surface area contributed by atoms with Crippen LogP contribution in [0.2, 0.25) is 0 Å². The number of aromatic nitrogens is 2. The molecule has 0 saturated heterocycles. The van der Waals surface area contributed by atoms with E-state index in [1.807, 2.05) is 6.92 Å². The monoisotopic (exact) mass is 247 g/mol. The Morgan fingerprint density at radius 2 is 2.22 bits per heavy atom. The molecule has 1 heterocycles. The minimum Gasteiger partial charge on any atom is -0.478 e. The van der Waals surface area contributed by atoms with Gasteiger partial charge in [-0.05, 0) is 24.6 Å². The lowest BCUT2D eigenvalue weighted by molar-refractivity contribution is 0.0698. The van der Waals surface area contributed by atoms with Crippen molar-refractivity contribution in [3.8, 4) is 0 Å². The van der Waals surface area contributed by atoms with Crippen molar-refractivity contribution < 1.29 is 14.4 Å². The number of nitrogens with zero attached hydrogens (tertiary/aromatic N) is 2. The van der Waals surface area contributed by atoms with E-state index in [0.29, 0.717) is 23.9 Å². The second-order valence-corrected chi connectivity index (χ2v) is 3.94. The number of aryl methyl sites for hydroxylation is 2. The van der Waals surface area contributed by atoms with Crippen molar-refractivity contribution >= 4 is 11.7 Å². The number of carboxylic acids is 1. The molecular weight excluding hydrogens is 234 g/mol. The zero-order valence-corrected chi connectivity index (χ0v) is 10.1. The van der Waals surface area contributed by atoms with Gasteiger partial charge in [-0.15, -0.1) is 0 Å². The first-order valence-corrected chi connectivity index (χ1v) is 5.43. The summed E-state index contributed by atoms with van der Waals surface area (Å²) >= 11 is 0. The van der Waals surface area contributed by atoms with Gasteiger partial charge in [0.2, 0.25) is 5.89 Å². The number of rotatable bonds is 4. The van der Waals surface area contributed by atoms with Crippen molar-refractivity contribution in [2.45, 2.75) is 20.4 Å². The first kappa shape index (κ1) is 12.1. The minimum atomic E-state index is -0.971. The van der Waals surface area contributed by atoms with Crippen LogP contribution in [-0.4, -0.2) is 21.2 Å². The van der Waals surface area contributed by atoms with Crippen LogP contribution in [0.5, 0.6) is 0 Å². The summed E-state index contributed by atoms with van der Waals surface area (Å²) in [5.74, 6) is 0.00152. The van der Waals surface area contributed by atoms with Gasteiger partial charge in [-0.1, -0.05) is 11.2 Å². The van der Waals surface area contributed by atoms with E-state index < -0.39 is 5.97 Å². The molecule has 18 heavy (non-hydrogen) atoms. The van der Waals surface area contributed by atoms with Crippen LogP contribution in [0.3, 0.4) is 0 Å². The predicted octanol–water partition coefficient (Wildman–Crippen LogP) is 2.00. The molecule has 0 bridgehead atoms. The molecular formula is C12H13N3O3. The highest BCUT2D eigenvalue weighted by atomic mass is 16.5. The zero-order chi connectivity index (χ0) is 13.1. The number of aromatic carboxylic acids is 1. The van der Waals surface area contributed by atoms with Gasteiger partial charge in [0, 0.05) is 12.6 Å². The Kier molecular flexibility index (Phi) is 3.27. The van der Waals surface area contributed by atoms with E-state index in [0.717, 1.165) is 5.56 Å². The molecule has 0 amide bonds. The van der Waals surface area contributed by atoms with Crippen LogP contribution < -0.4 is 5.32 Å². The number of carboxylic acid groups (broad SMARTS) is 1. The topological polar surface area (TPSA) is 88.2 Å². The molecule has 0 fully saturated rings. The van der Waals surface area contributed by atoms with Gasteiger partial charge in [0.05, 0.1) is 12.1 Å². The molecule has 0 aliphatic carbocycles. The van der Waals surface area contributed by atoms with Crippen LogP contribution in [0.15, 0.2) is 22.7 Å². The van der Waals surface area contributed by atoms with Gasteiger partial charge in [0.1, 0.15) is 0 Å². The highest BCUT2D eigenvalue weighted by molar-refractivity contribution is 5.94. The lowest BCUT2D eigenvalue weighted by Crippen LogP contribution is -2.07. The highest BCUT2D eigenvalue weighted by Gasteiger charge is 2.10. The lowest BCUT2D eigenvalue weighted by atomic mass is 10.1. The molecule has 0 unspecified atom stereocenters. The standard InChI is InChI=1S/C12H13N3O3/c1-7-3-4-9(12(16)17)10(5-7)13-6-11-14-8(2)18-15-11/h3-5,13H,6H2,1-2H3,(H,16,17). The van der Waals surface area contributed by atoms with E-state index in [1.165, 1.54) is 0 Å². The Labute approximate surface area is 104 Å². The van der Waals surface area contributed by atoms with E-state index in [2.05, 4.69) is 15.5 Å².